The van der Waals surface area contributed by atoms with E-state index in [0.29, 0.717) is 35.9 Å². The number of nitrogens with zero attached hydrogens (tertiary/aromatic N) is 2. The Morgan fingerprint density at radius 3 is 2.32 bits per heavy atom. The normalized spacial score (nSPS) is 39.6. The number of carbonyl (C=O) groups excluding carboxylic acids is 2. The zero-order valence-corrected chi connectivity index (χ0v) is 39.9. The Morgan fingerprint density at radius 2 is 1.63 bits per heavy atom. The fourth-order valence-corrected chi connectivity index (χ4v) is 13.1. The summed E-state index contributed by atoms with van der Waals surface area (Å²) < 4.78 is 50.5. The summed E-state index contributed by atoms with van der Waals surface area (Å²) in [6, 6.07) is 7.89. The topological polar surface area (TPSA) is 136 Å². The van der Waals surface area contributed by atoms with E-state index in [4.69, 9.17) is 54.5 Å². The number of Topliss-reactive ketones (excluding diaryl/α,β-unsaturated/α-hetero) is 1. The SMILES string of the molecule is CC[C@H]1CCC[C@H](O[C@H]2CC[C@H](N(C)C)[C@@H](C)O2)[C@@H](C)C(=O)C2=C[C@@H]3C(c4nc(Nc5ccc(Cl)cc5)sc4C4C[C@@H](O[C@@H]5O[C@@H](C)[C@H](OC)[C@@H](OC)[C@H]5OC)C[C@H]43)[C@@H]2CC(=O)O1. The van der Waals surface area contributed by atoms with Crippen molar-refractivity contribution in [2.24, 2.45) is 23.7 Å². The van der Waals surface area contributed by atoms with Gasteiger partial charge in [-0.2, -0.15) is 0 Å². The van der Waals surface area contributed by atoms with E-state index < -0.39 is 30.5 Å². The van der Waals surface area contributed by atoms with Crippen LogP contribution in [0, 0.1) is 23.7 Å². The maximum atomic E-state index is 15.2. The summed E-state index contributed by atoms with van der Waals surface area (Å²) in [7, 11) is 9.13. The van der Waals surface area contributed by atoms with E-state index in [0.717, 1.165) is 48.6 Å². The average molecular weight is 915 g/mol. The third-order valence-corrected chi connectivity index (χ3v) is 16.4. The van der Waals surface area contributed by atoms with Crippen LogP contribution in [0.1, 0.15) is 108 Å². The van der Waals surface area contributed by atoms with Gasteiger partial charge in [-0.05, 0) is 121 Å². The quantitative estimate of drug-likeness (QED) is 0.216. The number of methoxy groups -OCH3 is 3. The van der Waals surface area contributed by atoms with Crippen LogP contribution in [0.3, 0.4) is 0 Å². The first-order valence-electron chi connectivity index (χ1n) is 23.2. The molecule has 8 rings (SSSR count). The third kappa shape index (κ3) is 9.69. The van der Waals surface area contributed by atoms with Gasteiger partial charge in [-0.25, -0.2) is 4.98 Å². The predicted molar refractivity (Wildman–Crippen MR) is 240 cm³/mol. The van der Waals surface area contributed by atoms with Crippen molar-refractivity contribution in [1.29, 1.82) is 0 Å². The van der Waals surface area contributed by atoms with E-state index in [1.54, 1.807) is 32.7 Å². The number of hydrogen-bond acceptors (Lipinski definition) is 14. The molecule has 63 heavy (non-hydrogen) atoms. The molecule has 1 aromatic carbocycles. The van der Waals surface area contributed by atoms with Crippen molar-refractivity contribution in [2.45, 2.75) is 165 Å². The molecule has 4 fully saturated rings. The highest BCUT2D eigenvalue weighted by Crippen LogP contribution is 2.63. The zero-order valence-electron chi connectivity index (χ0n) is 38.3. The van der Waals surface area contributed by atoms with Crippen LogP contribution in [-0.4, -0.2) is 125 Å². The number of anilines is 2. The van der Waals surface area contributed by atoms with E-state index >= 15 is 4.79 Å². The fourth-order valence-electron chi connectivity index (χ4n) is 11.8. The number of halogens is 1. The van der Waals surface area contributed by atoms with E-state index in [1.165, 1.54) is 4.88 Å². The largest absolute Gasteiger partial charge is 0.462 e. The Hall–Kier alpha value is -2.50. The van der Waals surface area contributed by atoms with Gasteiger partial charge in [0.2, 0.25) is 0 Å². The second-order valence-corrected chi connectivity index (χ2v) is 20.4. The number of ketones is 1. The molecular weight excluding hydrogens is 846 g/mol. The molecule has 3 aliphatic carbocycles. The summed E-state index contributed by atoms with van der Waals surface area (Å²) in [5, 5.41) is 4.94. The van der Waals surface area contributed by atoms with Crippen LogP contribution in [0.5, 0.6) is 0 Å². The van der Waals surface area contributed by atoms with Crippen molar-refractivity contribution in [3.63, 3.8) is 0 Å². The van der Waals surface area contributed by atoms with Crippen molar-refractivity contribution in [3.05, 3.63) is 51.5 Å². The number of cyclic esters (lactones) is 1. The van der Waals surface area contributed by atoms with Gasteiger partial charge >= 0.3 is 5.97 Å². The molecule has 17 atom stereocenters. The number of rotatable bonds is 11. The molecular formula is C48H68ClN3O10S. The number of carbonyl (C=O) groups is 2. The van der Waals surface area contributed by atoms with Crippen LogP contribution < -0.4 is 5.32 Å². The van der Waals surface area contributed by atoms with Crippen LogP contribution in [-0.2, 0) is 47.5 Å². The van der Waals surface area contributed by atoms with Gasteiger partial charge in [0.05, 0.1) is 36.5 Å². The molecule has 3 aliphatic heterocycles. The molecule has 2 aromatic rings. The van der Waals surface area contributed by atoms with E-state index in [-0.39, 0.29) is 84.6 Å². The Kier molecular flexibility index (Phi) is 15.0. The Bertz CT molecular complexity index is 1930. The van der Waals surface area contributed by atoms with Gasteiger partial charge in [0.25, 0.3) is 0 Å². The zero-order chi connectivity index (χ0) is 44.7. The average Bonchev–Trinajstić information content (AvgIpc) is 3.98. The number of nitrogens with one attached hydrogen (secondary N) is 1. The van der Waals surface area contributed by atoms with Gasteiger partial charge in [0.1, 0.15) is 24.4 Å². The van der Waals surface area contributed by atoms with E-state index in [9.17, 15) is 4.79 Å². The number of benzene rings is 1. The number of ether oxygens (including phenoxy) is 8. The van der Waals surface area contributed by atoms with Crippen molar-refractivity contribution < 1.29 is 47.5 Å². The van der Waals surface area contributed by atoms with E-state index in [2.05, 4.69) is 44.2 Å². The summed E-state index contributed by atoms with van der Waals surface area (Å²) in [5.41, 5.74) is 2.51. The molecule has 1 aromatic heterocycles. The predicted octanol–water partition coefficient (Wildman–Crippen LogP) is 8.42. The lowest BCUT2D eigenvalue weighted by Gasteiger charge is -2.44. The third-order valence-electron chi connectivity index (χ3n) is 15.0. The van der Waals surface area contributed by atoms with Gasteiger partial charge in [0, 0.05) is 66.6 Å². The van der Waals surface area contributed by atoms with Gasteiger partial charge < -0.3 is 48.1 Å². The molecule has 348 valence electrons. The Balaban J connectivity index is 1.13. The lowest BCUT2D eigenvalue weighted by atomic mass is 9.67. The Labute approximate surface area is 382 Å². The van der Waals surface area contributed by atoms with Crippen molar-refractivity contribution in [1.82, 2.24) is 9.88 Å². The summed E-state index contributed by atoms with van der Waals surface area (Å²) in [4.78, 5) is 38.0. The van der Waals surface area contributed by atoms with Crippen molar-refractivity contribution >= 4 is 45.5 Å². The second-order valence-electron chi connectivity index (χ2n) is 18.9. The molecule has 3 saturated heterocycles. The minimum atomic E-state index is -0.673. The molecule has 1 N–H and O–H groups in total. The number of fused-ring (bicyclic) bond motifs is 8. The first-order chi connectivity index (χ1) is 30.3. The molecule has 0 bridgehead atoms. The smallest absolute Gasteiger partial charge is 0.306 e. The monoisotopic (exact) mass is 913 g/mol. The highest BCUT2D eigenvalue weighted by Gasteiger charge is 2.57. The number of aromatic nitrogens is 1. The molecule has 6 aliphatic rings. The molecule has 0 radical (unpaired) electrons. The van der Waals surface area contributed by atoms with E-state index in [1.807, 2.05) is 38.1 Å². The number of hydrogen-bond donors (Lipinski definition) is 1. The second kappa shape index (κ2) is 20.2. The van der Waals surface area contributed by atoms with Crippen molar-refractivity contribution in [3.8, 4) is 0 Å². The summed E-state index contributed by atoms with van der Waals surface area (Å²) in [5.74, 6) is -1.15. The molecule has 15 heteroatoms. The molecule has 0 spiro atoms. The first-order valence-corrected chi connectivity index (χ1v) is 24.4. The maximum absolute atomic E-state index is 15.2. The summed E-state index contributed by atoms with van der Waals surface area (Å²) in [6.07, 6.45) is 5.03. The lowest BCUT2D eigenvalue weighted by molar-refractivity contribution is -0.314. The lowest BCUT2D eigenvalue weighted by Crippen LogP contribution is -2.59. The minimum Gasteiger partial charge on any atom is -0.462 e. The molecule has 1 saturated carbocycles. The van der Waals surface area contributed by atoms with Crippen molar-refractivity contribution in [2.75, 3.05) is 40.7 Å². The van der Waals surface area contributed by atoms with Gasteiger partial charge in [-0.1, -0.05) is 31.5 Å². The number of thiazole rings is 1. The molecule has 0 amide bonds. The van der Waals surface area contributed by atoms with Gasteiger partial charge in [0.15, 0.2) is 23.5 Å². The number of esters is 1. The minimum absolute atomic E-state index is 0.000570. The summed E-state index contributed by atoms with van der Waals surface area (Å²) in [6.45, 7) is 8.14. The van der Waals surface area contributed by atoms with Crippen LogP contribution >= 0.6 is 22.9 Å². The Morgan fingerprint density at radius 1 is 0.889 bits per heavy atom. The van der Waals surface area contributed by atoms with Gasteiger partial charge in [-0.15, -0.1) is 11.3 Å². The molecule has 4 heterocycles. The highest BCUT2D eigenvalue weighted by molar-refractivity contribution is 7.15. The molecule has 2 unspecified atom stereocenters. The van der Waals surface area contributed by atoms with Crippen LogP contribution in [0.25, 0.3) is 0 Å². The highest BCUT2D eigenvalue weighted by atomic mass is 35.5. The maximum Gasteiger partial charge on any atom is 0.306 e. The van der Waals surface area contributed by atoms with Gasteiger partial charge in [-0.3, -0.25) is 9.59 Å². The number of likely N-dealkylation sites (N-methyl/N-ethyl adjacent to an activating group) is 1. The summed E-state index contributed by atoms with van der Waals surface area (Å²) >= 11 is 7.90. The standard InChI is InChI=1S/C48H68ClN3O10S/c1-10-29-12-11-13-37(62-39-19-18-36(52(5)6)25(3)58-39)24(2)42(54)34-22-32-31-20-30(61-47-45(57-9)44(56-8)43(55-7)26(4)59-47)21-35(31)46-41(40(32)33(34)23-38(53)60-29)51-48(63-46)50-28-16-14-27(49)15-17-28/h14-17,22,24-26,29-33,35-37,39-40,43-45,47H,10-13,18-21,23H2,1-9H3,(H,50,51)/t24-,25-,26+,29+,30+,31+,32+,33-,35?,36+,37+,39+,40?,43+,44-,45-,47+/m1/s1. The molecule has 13 nitrogen and oxygen atoms in total. The van der Waals surface area contributed by atoms with Crippen LogP contribution in [0.4, 0.5) is 10.8 Å². The number of allylic oxidation sites excluding steroid dienone is 2. The first kappa shape index (κ1) is 47.0. The van der Waals surface area contributed by atoms with Crippen LogP contribution in [0.2, 0.25) is 5.02 Å². The fraction of sp³-hybridized carbons (Fsp3) is 0.729. The van der Waals surface area contributed by atoms with Crippen LogP contribution in [0.15, 0.2) is 35.9 Å².